The number of hydrogen-bond acceptors (Lipinski definition) is 13. The minimum atomic E-state index is -2.03. The highest BCUT2D eigenvalue weighted by molar-refractivity contribution is 5.98. The molecule has 0 radical (unpaired) electrons. The van der Waals surface area contributed by atoms with Crippen molar-refractivity contribution < 1.29 is 47.7 Å². The predicted molar refractivity (Wildman–Crippen MR) is 272 cm³/mol. The van der Waals surface area contributed by atoms with Gasteiger partial charge in [-0.25, -0.2) is 19.0 Å². The van der Waals surface area contributed by atoms with E-state index in [2.05, 4.69) is 21.3 Å². The molecule has 73 heavy (non-hydrogen) atoms. The molecule has 394 valence electrons. The molecule has 0 saturated heterocycles. The third-order valence-corrected chi connectivity index (χ3v) is 14.3. The number of pyridine rings is 2. The van der Waals surface area contributed by atoms with Crippen LogP contribution in [-0.2, 0) is 65.2 Å². The summed E-state index contributed by atoms with van der Waals surface area (Å²) in [6.45, 7) is 15.2. The Kier molecular flexibility index (Phi) is 16.5. The Morgan fingerprint density at radius 1 is 1.01 bits per heavy atom. The van der Waals surface area contributed by atoms with Gasteiger partial charge in [0.15, 0.2) is 5.60 Å². The van der Waals surface area contributed by atoms with Gasteiger partial charge in [-0.15, -0.1) is 0 Å². The number of unbranched alkanes of at least 4 members (excludes halogenated alkanes) is 1. The Labute approximate surface area is 424 Å². The number of amides is 4. The van der Waals surface area contributed by atoms with Crippen LogP contribution in [0.2, 0.25) is 0 Å². The first-order chi connectivity index (χ1) is 34.4. The van der Waals surface area contributed by atoms with Gasteiger partial charge in [0.1, 0.15) is 31.1 Å². The summed E-state index contributed by atoms with van der Waals surface area (Å²) in [5, 5.41) is 23.7. The summed E-state index contributed by atoms with van der Waals surface area (Å²) in [6, 6.07) is 7.21. The number of nitrogens with two attached hydrogens (primary N) is 2. The van der Waals surface area contributed by atoms with Gasteiger partial charge >= 0.3 is 12.1 Å². The number of benzene rings is 2. The second kappa shape index (κ2) is 22.1. The lowest BCUT2D eigenvalue weighted by molar-refractivity contribution is -0.172. The van der Waals surface area contributed by atoms with E-state index in [4.69, 9.17) is 30.7 Å². The zero-order valence-corrected chi connectivity index (χ0v) is 43.2. The maximum absolute atomic E-state index is 15.4. The molecule has 7 rings (SSSR count). The molecule has 4 heterocycles. The summed E-state index contributed by atoms with van der Waals surface area (Å²) in [5.74, 6) is -2.81. The zero-order valence-electron chi connectivity index (χ0n) is 43.2. The van der Waals surface area contributed by atoms with Gasteiger partial charge in [0.25, 0.3) is 5.56 Å². The summed E-state index contributed by atoms with van der Waals surface area (Å²) < 4.78 is 33.9. The topological polar surface area (TPSA) is 268 Å². The van der Waals surface area contributed by atoms with Gasteiger partial charge in [-0.2, -0.15) is 0 Å². The normalized spacial score (nSPS) is 17.8. The lowest BCUT2D eigenvalue weighted by Crippen LogP contribution is -2.54. The number of ether oxygens (including phenoxy) is 3. The van der Waals surface area contributed by atoms with Crippen LogP contribution in [0, 0.1) is 18.7 Å². The standard InChI is InChI=1S/C54H71FN8O10/c1-9-54(70)36-24-41-46-34(26-63(41)49(67)35(36)28-71-50(54)68)44-38(18-17-33-30(4)37(55)25-40(59-46)43(33)44)61-51(69)72-27-31-13-15-32(16-14-31)58-47(65)39(12-10-11-22-56)60-48(66)45(29(2)3)62-42(64)19-20-53(7,8)73-23-21-52(5,6)57/h13-16,24-25,29,38-39,45,70H,9-12,17-23,26-28,56-57H2,1-8H3,(H,58,65)(H,60,66)(H,61,69)(H,62,64)/t38-,39-,45?,54-/m0/s1. The number of nitrogens with zero attached hydrogens (tertiary/aromatic N) is 2. The maximum Gasteiger partial charge on any atom is 0.407 e. The van der Waals surface area contributed by atoms with Crippen molar-refractivity contribution in [1.82, 2.24) is 25.5 Å². The molecule has 0 bridgehead atoms. The average molecular weight is 1010 g/mol. The monoisotopic (exact) mass is 1010 g/mol. The number of alkyl carbamates (subject to hydrolysis) is 1. The van der Waals surface area contributed by atoms with Crippen LogP contribution in [-0.4, -0.2) is 80.8 Å². The van der Waals surface area contributed by atoms with E-state index in [0.717, 1.165) is 5.56 Å². The van der Waals surface area contributed by atoms with Crippen molar-refractivity contribution in [2.75, 3.05) is 18.5 Å². The number of hydrogen-bond donors (Lipinski definition) is 7. The van der Waals surface area contributed by atoms with E-state index in [-0.39, 0.29) is 61.1 Å². The van der Waals surface area contributed by atoms with Crippen molar-refractivity contribution in [3.05, 3.63) is 91.5 Å². The Balaban J connectivity index is 0.996. The number of fused-ring (bicyclic) bond motifs is 5. The number of rotatable bonds is 21. The van der Waals surface area contributed by atoms with E-state index in [1.807, 2.05) is 41.5 Å². The highest BCUT2D eigenvalue weighted by Crippen LogP contribution is 2.46. The molecule has 1 aliphatic carbocycles. The Hall–Kier alpha value is -6.28. The molecule has 18 nitrogen and oxygen atoms in total. The molecule has 4 amide bonds. The predicted octanol–water partition coefficient (Wildman–Crippen LogP) is 5.84. The molecule has 4 atom stereocenters. The molecule has 9 N–H and O–H groups in total. The van der Waals surface area contributed by atoms with Gasteiger partial charge < -0.3 is 56.6 Å². The molecule has 2 aromatic heterocycles. The van der Waals surface area contributed by atoms with E-state index in [0.29, 0.717) is 108 Å². The summed E-state index contributed by atoms with van der Waals surface area (Å²) in [7, 11) is 0. The fourth-order valence-corrected chi connectivity index (χ4v) is 9.83. The first-order valence-electron chi connectivity index (χ1n) is 25.3. The highest BCUT2D eigenvalue weighted by atomic mass is 19.1. The summed E-state index contributed by atoms with van der Waals surface area (Å²) in [5.41, 5.74) is 13.4. The van der Waals surface area contributed by atoms with Crippen molar-refractivity contribution in [3.63, 3.8) is 0 Å². The smallest absolute Gasteiger partial charge is 0.407 e. The zero-order chi connectivity index (χ0) is 53.2. The quantitative estimate of drug-likeness (QED) is 0.0337. The lowest BCUT2D eigenvalue weighted by Gasteiger charge is -2.31. The molecule has 2 aromatic carbocycles. The van der Waals surface area contributed by atoms with Crippen molar-refractivity contribution in [2.24, 2.45) is 17.4 Å². The Morgan fingerprint density at radius 2 is 1.74 bits per heavy atom. The van der Waals surface area contributed by atoms with E-state index >= 15 is 4.39 Å². The van der Waals surface area contributed by atoms with Crippen molar-refractivity contribution >= 4 is 46.4 Å². The summed E-state index contributed by atoms with van der Waals surface area (Å²) in [6.07, 6.45) is 2.82. The molecule has 0 saturated carbocycles. The van der Waals surface area contributed by atoms with Crippen LogP contribution in [0.4, 0.5) is 14.9 Å². The second-order valence-electron chi connectivity index (χ2n) is 21.3. The van der Waals surface area contributed by atoms with Crippen LogP contribution in [0.1, 0.15) is 145 Å². The van der Waals surface area contributed by atoms with Gasteiger partial charge in [-0.3, -0.25) is 19.2 Å². The van der Waals surface area contributed by atoms with Crippen LogP contribution >= 0.6 is 0 Å². The van der Waals surface area contributed by atoms with Gasteiger partial charge in [0.05, 0.1) is 40.7 Å². The van der Waals surface area contributed by atoms with Gasteiger partial charge in [0, 0.05) is 46.8 Å². The molecule has 19 heteroatoms. The van der Waals surface area contributed by atoms with Gasteiger partial charge in [-0.05, 0) is 139 Å². The largest absolute Gasteiger partial charge is 0.458 e. The molecule has 2 aliphatic heterocycles. The highest BCUT2D eigenvalue weighted by Gasteiger charge is 2.46. The number of cyclic esters (lactones) is 1. The second-order valence-corrected chi connectivity index (χ2v) is 21.3. The molecule has 0 fully saturated rings. The van der Waals surface area contributed by atoms with Crippen molar-refractivity contribution in [2.45, 2.75) is 168 Å². The first-order valence-corrected chi connectivity index (χ1v) is 25.3. The van der Waals surface area contributed by atoms with Gasteiger partial charge in [-0.1, -0.05) is 32.9 Å². The van der Waals surface area contributed by atoms with Crippen LogP contribution in [0.5, 0.6) is 0 Å². The summed E-state index contributed by atoms with van der Waals surface area (Å²) in [4.78, 5) is 85.8. The van der Waals surface area contributed by atoms with Crippen LogP contribution < -0.4 is 38.3 Å². The third-order valence-electron chi connectivity index (χ3n) is 14.3. The number of nitrogens with one attached hydrogen (secondary N) is 4. The SMILES string of the molecule is CC[C@@]1(O)C(=O)OCc2c1cc1n(c2=O)Cc2c-1nc1cc(F)c(C)c3c1c2[C@@H](NC(=O)OCc1ccc(NC(=O)[C@H](CCCCN)NC(=O)C(NC(=O)CCC(C)(C)OCCC(C)(C)N)C(C)C)cc1)CC3. The minimum absolute atomic E-state index is 0.0264. The molecule has 1 unspecified atom stereocenters. The number of carbonyl (C=O) groups is 5. The van der Waals surface area contributed by atoms with Gasteiger partial charge in [0.2, 0.25) is 17.7 Å². The fraction of sp³-hybridized carbons (Fsp3) is 0.537. The fourth-order valence-electron chi connectivity index (χ4n) is 9.83. The first kappa shape index (κ1) is 54.5. The van der Waals surface area contributed by atoms with Crippen LogP contribution in [0.25, 0.3) is 22.3 Å². The lowest BCUT2D eigenvalue weighted by atomic mass is 9.81. The van der Waals surface area contributed by atoms with Crippen LogP contribution in [0.15, 0.2) is 41.2 Å². The molecule has 4 aromatic rings. The maximum atomic E-state index is 15.4. The molecular formula is C54H71FN8O10. The third kappa shape index (κ3) is 12.1. The number of aliphatic hydroxyl groups is 1. The van der Waals surface area contributed by atoms with E-state index in [1.54, 1.807) is 44.2 Å². The number of esters is 1. The Morgan fingerprint density at radius 3 is 2.41 bits per heavy atom. The number of carbonyl (C=O) groups excluding carboxylic acids is 5. The van der Waals surface area contributed by atoms with E-state index < -0.39 is 64.6 Å². The van der Waals surface area contributed by atoms with E-state index in [1.165, 1.54) is 10.6 Å². The molecule has 0 spiro atoms. The van der Waals surface area contributed by atoms with Crippen molar-refractivity contribution in [1.29, 1.82) is 0 Å². The minimum Gasteiger partial charge on any atom is -0.458 e. The molecular weight excluding hydrogens is 940 g/mol. The number of aryl methyl sites for hydroxylation is 1. The number of aromatic nitrogens is 2. The summed E-state index contributed by atoms with van der Waals surface area (Å²) >= 11 is 0. The van der Waals surface area contributed by atoms with Crippen molar-refractivity contribution in [3.8, 4) is 11.4 Å². The van der Waals surface area contributed by atoms with Crippen LogP contribution in [0.3, 0.4) is 0 Å². The average Bonchev–Trinajstić information content (AvgIpc) is 3.70. The van der Waals surface area contributed by atoms with E-state index in [9.17, 15) is 33.9 Å². The number of anilines is 1. The number of halogens is 1. The molecule has 3 aliphatic rings. The Bertz CT molecular complexity index is 2840.